The summed E-state index contributed by atoms with van der Waals surface area (Å²) in [4.78, 5) is 118. The Hall–Kier alpha value is -11.3. The van der Waals surface area contributed by atoms with Crippen molar-refractivity contribution in [3.63, 3.8) is 0 Å². The SMILES string of the molecule is CCC(C)(C)C(=O)OCC1CCC2OC2C1.CCC(C)(C)C(=O)OCCCCCCOc1ccc(C(=O)Oc2ccc3ccc(=O)oc3c2)cc1.CCC(C)(C)C(=O)OCCOc1ccc2ccc(=O)oc2c1.CCC(C)(C)C(=O)Oc1ccc(/C=C/C(=O)c2ccccc2)cc1.CCC(C)(C)C(=O)Oc1ccc2ccc(=O)oc2c1. The quantitative estimate of drug-likeness (QED) is 0.00570. The van der Waals surface area contributed by atoms with Gasteiger partial charge in [0.25, 0.3) is 0 Å². The summed E-state index contributed by atoms with van der Waals surface area (Å²) in [5, 5.41) is 2.35. The molecule has 0 radical (unpaired) electrons. The third-order valence-electron chi connectivity index (χ3n) is 20.7. The molecule has 0 N–H and O–H groups in total. The van der Waals surface area contributed by atoms with Gasteiger partial charge in [0.1, 0.15) is 58.7 Å². The molecule has 116 heavy (non-hydrogen) atoms. The van der Waals surface area contributed by atoms with Crippen LogP contribution in [-0.2, 0) is 42.9 Å². The summed E-state index contributed by atoms with van der Waals surface area (Å²) in [6.45, 7) is 30.6. The molecule has 0 bridgehead atoms. The summed E-state index contributed by atoms with van der Waals surface area (Å²) < 4.78 is 64.0. The lowest BCUT2D eigenvalue weighted by Crippen LogP contribution is -2.29. The van der Waals surface area contributed by atoms with Gasteiger partial charge < -0.3 is 55.9 Å². The van der Waals surface area contributed by atoms with Gasteiger partial charge in [-0.2, -0.15) is 0 Å². The number of unbranched alkanes of at least 4 members (excludes halogenated alkanes) is 3. The minimum Gasteiger partial charge on any atom is -0.494 e. The molecule has 9 aromatic rings. The van der Waals surface area contributed by atoms with Crippen molar-refractivity contribution in [2.24, 2.45) is 33.0 Å². The van der Waals surface area contributed by atoms with E-state index in [0.717, 1.165) is 85.9 Å². The molecule has 2 aliphatic rings. The summed E-state index contributed by atoms with van der Waals surface area (Å²) in [5.74, 6) is 1.40. The van der Waals surface area contributed by atoms with E-state index in [2.05, 4.69) is 0 Å². The van der Waals surface area contributed by atoms with Crippen LogP contribution in [0.25, 0.3) is 39.0 Å². The smallest absolute Gasteiger partial charge is 0.343 e. The fourth-order valence-electron chi connectivity index (χ4n) is 10.5. The number of carbonyl (C=O) groups excluding carboxylic acids is 7. The molecule has 1 saturated heterocycles. The van der Waals surface area contributed by atoms with Crippen LogP contribution < -0.4 is 40.6 Å². The monoisotopic (exact) mass is 1590 g/mol. The Morgan fingerprint density at radius 2 is 0.784 bits per heavy atom. The Balaban J connectivity index is 0.000000206. The minimum atomic E-state index is -0.535. The van der Waals surface area contributed by atoms with Crippen molar-refractivity contribution in [1.29, 1.82) is 0 Å². The third-order valence-corrected chi connectivity index (χ3v) is 20.7. The van der Waals surface area contributed by atoms with Crippen molar-refractivity contribution in [2.45, 2.75) is 193 Å². The van der Waals surface area contributed by atoms with Crippen molar-refractivity contribution in [1.82, 2.24) is 0 Å². The van der Waals surface area contributed by atoms with E-state index in [0.29, 0.717) is 107 Å². The fraction of sp³-hybridized carbons (Fsp3) is 0.426. The van der Waals surface area contributed by atoms with Crippen LogP contribution in [-0.4, -0.2) is 86.8 Å². The number of benzene rings is 6. The number of esters is 6. The average Bonchev–Trinajstić information content (AvgIpc) is 1.61. The lowest BCUT2D eigenvalue weighted by atomic mass is 9.89. The van der Waals surface area contributed by atoms with E-state index < -0.39 is 44.5 Å². The van der Waals surface area contributed by atoms with E-state index in [1.807, 2.05) is 134 Å². The van der Waals surface area contributed by atoms with Gasteiger partial charge in [-0.3, -0.25) is 28.8 Å². The second kappa shape index (κ2) is 43.5. The standard InChI is InChI=1S/C28H32O7.C21H22O3.C17H20O5.C15H16O4.C13H22O3/c1-4-28(2,3)27(31)33-18-8-6-5-7-17-32-22-13-10-21(11-14-22)26(30)34-23-15-9-20-12-16-25(29)35-24(20)19-23;1-4-21(2,3)20(23)24-18-13-10-16(11-14-18)12-15-19(22)17-8-6-5-7-9-17;1-4-17(2,3)16(19)21-10-9-20-13-7-5-12-6-8-15(18)22-14(12)11-13;1-4-15(2,3)14(17)18-11-7-5-10-6-8-13(16)19-12(10)9-11;1-4-13(2,3)12(14)15-8-9-5-6-10-11(7-9)16-10/h9-16,19H,4-8,17-18H2,1-3H3;5-15H,4H2,1-3H3;5-8,11H,4,9-10H2,1-3H3;5-9H,4H2,1-3H3;9-11H,4-8H2,1-3H3/b;15-12+;;;. The van der Waals surface area contributed by atoms with E-state index in [9.17, 15) is 47.9 Å². The number of ether oxygens (including phenoxy) is 9. The van der Waals surface area contributed by atoms with Crippen LogP contribution in [0.1, 0.15) is 207 Å². The second-order valence-corrected chi connectivity index (χ2v) is 31.7. The van der Waals surface area contributed by atoms with Crippen LogP contribution in [0.15, 0.2) is 204 Å². The molecule has 1 saturated carbocycles. The normalized spacial score (nSPS) is 14.4. The lowest BCUT2D eigenvalue weighted by Gasteiger charge is -2.24. The number of hydrogen-bond acceptors (Lipinski definition) is 22. The highest BCUT2D eigenvalue weighted by Gasteiger charge is 2.44. The van der Waals surface area contributed by atoms with Gasteiger partial charge in [0.2, 0.25) is 0 Å². The summed E-state index contributed by atoms with van der Waals surface area (Å²) >= 11 is 0. The first-order valence-corrected chi connectivity index (χ1v) is 39.8. The Kier molecular flexibility index (Phi) is 34.4. The molecule has 2 fully saturated rings. The topological polar surface area (TPSA) is 296 Å². The molecular formula is C94H112O22. The molecule has 3 atom stereocenters. The minimum absolute atomic E-state index is 0.0456. The van der Waals surface area contributed by atoms with Crippen LogP contribution in [0.2, 0.25) is 0 Å². The molecule has 6 aromatic carbocycles. The molecule has 3 aromatic heterocycles. The molecule has 22 heteroatoms. The van der Waals surface area contributed by atoms with Crippen molar-refractivity contribution in [3.8, 4) is 28.7 Å². The highest BCUT2D eigenvalue weighted by Crippen LogP contribution is 2.40. The van der Waals surface area contributed by atoms with Crippen LogP contribution in [0.5, 0.6) is 28.7 Å². The molecule has 3 unspecified atom stereocenters. The molecule has 0 spiro atoms. The van der Waals surface area contributed by atoms with Gasteiger partial charge >= 0.3 is 52.7 Å². The predicted octanol–water partition coefficient (Wildman–Crippen LogP) is 19.7. The second-order valence-electron chi connectivity index (χ2n) is 31.7. The van der Waals surface area contributed by atoms with Crippen molar-refractivity contribution >= 4 is 80.6 Å². The van der Waals surface area contributed by atoms with Crippen LogP contribution in [0.4, 0.5) is 0 Å². The Labute approximate surface area is 678 Å². The van der Waals surface area contributed by atoms with Crippen molar-refractivity contribution < 1.29 is 89.4 Å². The molecule has 22 nitrogen and oxygen atoms in total. The lowest BCUT2D eigenvalue weighted by molar-refractivity contribution is -0.156. The number of allylic oxidation sites excluding steroid dienone is 1. The fourth-order valence-corrected chi connectivity index (χ4v) is 10.5. The predicted molar refractivity (Wildman–Crippen MR) is 445 cm³/mol. The number of carbonyl (C=O) groups is 7. The number of epoxide rings is 1. The average molecular weight is 1590 g/mol. The van der Waals surface area contributed by atoms with Crippen LogP contribution in [0, 0.1) is 33.0 Å². The molecule has 620 valence electrons. The molecule has 1 aliphatic heterocycles. The van der Waals surface area contributed by atoms with Gasteiger partial charge in [-0.05, 0) is 255 Å². The third kappa shape index (κ3) is 29.2. The Morgan fingerprint density at radius 3 is 1.28 bits per heavy atom. The van der Waals surface area contributed by atoms with Crippen LogP contribution in [0.3, 0.4) is 0 Å². The van der Waals surface area contributed by atoms with Gasteiger partial charge in [0.05, 0.1) is 64.7 Å². The van der Waals surface area contributed by atoms with E-state index >= 15 is 0 Å². The van der Waals surface area contributed by atoms with Crippen molar-refractivity contribution in [2.75, 3.05) is 33.0 Å². The Morgan fingerprint density at radius 1 is 0.379 bits per heavy atom. The van der Waals surface area contributed by atoms with Gasteiger partial charge in [-0.25, -0.2) is 19.2 Å². The molecular weight excluding hydrogens is 1480 g/mol. The number of hydrogen-bond donors (Lipinski definition) is 0. The van der Waals surface area contributed by atoms with E-state index in [1.54, 1.807) is 121 Å². The maximum absolute atomic E-state index is 12.4. The van der Waals surface area contributed by atoms with Gasteiger partial charge in [0.15, 0.2) is 5.78 Å². The van der Waals surface area contributed by atoms with E-state index in [4.69, 9.17) is 55.9 Å². The summed E-state index contributed by atoms with van der Waals surface area (Å²) in [5.41, 5.74) is -0.432. The highest BCUT2D eigenvalue weighted by atomic mass is 16.6. The molecule has 4 heterocycles. The maximum atomic E-state index is 12.4. The maximum Gasteiger partial charge on any atom is 0.343 e. The van der Waals surface area contributed by atoms with Crippen LogP contribution >= 0.6 is 0 Å². The van der Waals surface area contributed by atoms with Gasteiger partial charge in [-0.1, -0.05) is 83.2 Å². The summed E-state index contributed by atoms with van der Waals surface area (Å²) in [7, 11) is 0. The molecule has 0 amide bonds. The van der Waals surface area contributed by atoms with E-state index in [1.165, 1.54) is 30.3 Å². The first-order chi connectivity index (χ1) is 55.1. The zero-order valence-electron chi connectivity index (χ0n) is 69.6. The van der Waals surface area contributed by atoms with Gasteiger partial charge in [0, 0.05) is 58.1 Å². The largest absolute Gasteiger partial charge is 0.494 e. The summed E-state index contributed by atoms with van der Waals surface area (Å²) in [6, 6.07) is 47.1. The highest BCUT2D eigenvalue weighted by molar-refractivity contribution is 6.06. The van der Waals surface area contributed by atoms with Crippen molar-refractivity contribution in [3.05, 3.63) is 224 Å². The van der Waals surface area contributed by atoms with Gasteiger partial charge in [-0.15, -0.1) is 0 Å². The summed E-state index contributed by atoms with van der Waals surface area (Å²) in [6.07, 6.45) is 15.0. The Bertz CT molecular complexity index is 4960. The molecule has 11 rings (SSSR count). The number of rotatable bonds is 31. The molecule has 1 aliphatic carbocycles. The number of ketones is 1. The first-order valence-electron chi connectivity index (χ1n) is 39.8. The zero-order valence-corrected chi connectivity index (χ0v) is 69.6. The number of fused-ring (bicyclic) bond motifs is 4. The zero-order chi connectivity index (χ0) is 84.8. The first kappa shape index (κ1) is 91.9. The van der Waals surface area contributed by atoms with E-state index in [-0.39, 0.29) is 54.3 Å².